The van der Waals surface area contributed by atoms with Crippen LogP contribution in [0.3, 0.4) is 0 Å². The third-order valence-corrected chi connectivity index (χ3v) is 5.30. The van der Waals surface area contributed by atoms with Crippen molar-refractivity contribution in [1.82, 2.24) is 0 Å². The van der Waals surface area contributed by atoms with E-state index < -0.39 is 9.05 Å². The van der Waals surface area contributed by atoms with Gasteiger partial charge < -0.3 is 5.32 Å². The van der Waals surface area contributed by atoms with Crippen LogP contribution in [-0.4, -0.2) is 14.3 Å². The number of nitrogens with one attached hydrogen (secondary N) is 1. The molecule has 8 heteroatoms. The Balaban J connectivity index is 2.28. The van der Waals surface area contributed by atoms with Gasteiger partial charge in [0, 0.05) is 16.6 Å². The molecule has 20 heavy (non-hydrogen) atoms. The highest BCUT2D eigenvalue weighted by Crippen LogP contribution is 2.52. The Morgan fingerprint density at radius 1 is 1.30 bits per heavy atom. The minimum absolute atomic E-state index is 0.0253. The van der Waals surface area contributed by atoms with E-state index in [2.05, 4.69) is 5.32 Å². The second-order valence-electron chi connectivity index (χ2n) is 5.43. The first-order chi connectivity index (χ1) is 9.02. The van der Waals surface area contributed by atoms with Gasteiger partial charge in [-0.2, -0.15) is 0 Å². The first-order valence-corrected chi connectivity index (χ1v) is 8.83. The quantitative estimate of drug-likeness (QED) is 0.835. The van der Waals surface area contributed by atoms with Gasteiger partial charge in [0.2, 0.25) is 5.91 Å². The Morgan fingerprint density at radius 3 is 2.10 bits per heavy atom. The minimum atomic E-state index is -3.92. The molecule has 1 aliphatic rings. The molecule has 1 aromatic rings. The van der Waals surface area contributed by atoms with Crippen molar-refractivity contribution in [3.05, 3.63) is 22.2 Å². The fourth-order valence-electron chi connectivity index (χ4n) is 1.94. The van der Waals surface area contributed by atoms with Gasteiger partial charge in [-0.1, -0.05) is 37.0 Å². The summed E-state index contributed by atoms with van der Waals surface area (Å²) >= 11 is 11.9. The number of halogens is 3. The van der Waals surface area contributed by atoms with Crippen LogP contribution in [0.5, 0.6) is 0 Å². The smallest absolute Gasteiger partial charge is 0.261 e. The summed E-state index contributed by atoms with van der Waals surface area (Å²) in [5.74, 6) is -0.272. The van der Waals surface area contributed by atoms with E-state index in [1.54, 1.807) is 0 Å². The molecule has 4 nitrogen and oxygen atoms in total. The summed E-state index contributed by atoms with van der Waals surface area (Å²) in [6, 6.07) is 2.31. The van der Waals surface area contributed by atoms with Gasteiger partial charge in [-0.3, -0.25) is 4.79 Å². The Bertz CT molecular complexity index is 662. The molecule has 1 atom stereocenters. The zero-order chi connectivity index (χ0) is 15.3. The summed E-state index contributed by atoms with van der Waals surface area (Å²) in [7, 11) is 1.30. The summed E-state index contributed by atoms with van der Waals surface area (Å²) < 4.78 is 22.5. The van der Waals surface area contributed by atoms with Crippen molar-refractivity contribution in [3.63, 3.8) is 0 Å². The van der Waals surface area contributed by atoms with Crippen molar-refractivity contribution in [3.8, 4) is 0 Å². The van der Waals surface area contributed by atoms with Gasteiger partial charge in [0.15, 0.2) is 0 Å². The van der Waals surface area contributed by atoms with Crippen molar-refractivity contribution in [2.75, 3.05) is 5.32 Å². The van der Waals surface area contributed by atoms with Crippen LogP contribution in [0.4, 0.5) is 5.69 Å². The molecule has 0 bridgehead atoms. The predicted octanol–water partition coefficient (Wildman–Crippen LogP) is 3.91. The van der Waals surface area contributed by atoms with E-state index in [1.807, 2.05) is 13.8 Å². The van der Waals surface area contributed by atoms with Gasteiger partial charge in [0.25, 0.3) is 9.05 Å². The lowest BCUT2D eigenvalue weighted by molar-refractivity contribution is -0.118. The lowest BCUT2D eigenvalue weighted by Crippen LogP contribution is -2.17. The number of carbonyl (C=O) groups excluding carboxylic acids is 1. The number of hydrogen-bond acceptors (Lipinski definition) is 3. The number of rotatable bonds is 3. The van der Waals surface area contributed by atoms with Crippen LogP contribution in [0.25, 0.3) is 0 Å². The average Bonchev–Trinajstić information content (AvgIpc) is 2.91. The first kappa shape index (κ1) is 15.9. The molecule has 110 valence electrons. The Hall–Kier alpha value is -0.490. The van der Waals surface area contributed by atoms with Crippen molar-refractivity contribution in [1.29, 1.82) is 0 Å². The number of amides is 1. The van der Waals surface area contributed by atoms with Gasteiger partial charge in [-0.15, -0.1) is 0 Å². The maximum Gasteiger partial charge on any atom is 0.261 e. The zero-order valence-corrected chi connectivity index (χ0v) is 13.8. The maximum absolute atomic E-state index is 12.0. The van der Waals surface area contributed by atoms with E-state index in [-0.39, 0.29) is 37.9 Å². The molecule has 1 saturated carbocycles. The van der Waals surface area contributed by atoms with Gasteiger partial charge >= 0.3 is 0 Å². The average molecular weight is 357 g/mol. The topological polar surface area (TPSA) is 63.2 Å². The predicted molar refractivity (Wildman–Crippen MR) is 80.0 cm³/mol. The highest BCUT2D eigenvalue weighted by Gasteiger charge is 2.50. The summed E-state index contributed by atoms with van der Waals surface area (Å²) in [4.78, 5) is 11.8. The molecule has 1 fully saturated rings. The number of benzene rings is 1. The minimum Gasteiger partial charge on any atom is -0.323 e. The molecule has 1 amide bonds. The van der Waals surface area contributed by atoms with Crippen LogP contribution in [0.2, 0.25) is 10.0 Å². The molecule has 1 unspecified atom stereocenters. The van der Waals surface area contributed by atoms with E-state index in [0.29, 0.717) is 0 Å². The molecule has 1 aromatic carbocycles. The molecule has 0 aromatic heterocycles. The van der Waals surface area contributed by atoms with Crippen LogP contribution >= 0.6 is 33.9 Å². The Morgan fingerprint density at radius 2 is 1.75 bits per heavy atom. The molecule has 0 radical (unpaired) electrons. The largest absolute Gasteiger partial charge is 0.323 e. The fourth-order valence-corrected chi connectivity index (χ4v) is 3.43. The lowest BCUT2D eigenvalue weighted by atomic mass is 10.1. The van der Waals surface area contributed by atoms with Crippen molar-refractivity contribution < 1.29 is 13.2 Å². The second kappa shape index (κ2) is 5.05. The van der Waals surface area contributed by atoms with Crippen LogP contribution in [0.15, 0.2) is 17.0 Å². The lowest BCUT2D eigenvalue weighted by Gasteiger charge is -2.11. The molecule has 0 aliphatic heterocycles. The monoisotopic (exact) mass is 355 g/mol. The van der Waals surface area contributed by atoms with Gasteiger partial charge in [-0.05, 0) is 24.0 Å². The van der Waals surface area contributed by atoms with Crippen LogP contribution in [0, 0.1) is 11.3 Å². The van der Waals surface area contributed by atoms with Gasteiger partial charge in [-0.25, -0.2) is 8.42 Å². The normalized spacial score (nSPS) is 20.6. The van der Waals surface area contributed by atoms with E-state index in [1.165, 1.54) is 0 Å². The Kier molecular flexibility index (Phi) is 4.02. The van der Waals surface area contributed by atoms with Crippen LogP contribution in [-0.2, 0) is 13.8 Å². The summed E-state index contributed by atoms with van der Waals surface area (Å²) in [6.45, 7) is 3.98. The molecule has 0 heterocycles. The first-order valence-electron chi connectivity index (χ1n) is 5.77. The number of carbonyl (C=O) groups is 1. The Labute approximate surface area is 131 Å². The molecule has 0 spiro atoms. The van der Waals surface area contributed by atoms with E-state index in [4.69, 9.17) is 33.9 Å². The number of hydrogen-bond donors (Lipinski definition) is 1. The van der Waals surface area contributed by atoms with Crippen molar-refractivity contribution in [2.24, 2.45) is 11.3 Å². The molecule has 1 N–H and O–H groups in total. The van der Waals surface area contributed by atoms with Gasteiger partial charge in [0.05, 0.1) is 20.6 Å². The third-order valence-electron chi connectivity index (χ3n) is 3.38. The molecule has 2 rings (SSSR count). The standard InChI is InChI=1S/C12H12Cl3NO3S/c1-12(2)5-7(12)11(17)16-10-8(13)3-6(4-9(10)14)20(15,18)19/h3-4,7H,5H2,1-2H3,(H,16,17). The number of anilines is 1. The zero-order valence-electron chi connectivity index (χ0n) is 10.7. The summed E-state index contributed by atoms with van der Waals surface area (Å²) in [6.07, 6.45) is 0.794. The third kappa shape index (κ3) is 3.22. The van der Waals surface area contributed by atoms with Crippen molar-refractivity contribution >= 4 is 54.5 Å². The SMILES string of the molecule is CC1(C)CC1C(=O)Nc1c(Cl)cc(S(=O)(=O)Cl)cc1Cl. The molecule has 0 saturated heterocycles. The fraction of sp³-hybridized carbons (Fsp3) is 0.417. The van der Waals surface area contributed by atoms with Crippen molar-refractivity contribution in [2.45, 2.75) is 25.2 Å². The van der Waals surface area contributed by atoms with Crippen LogP contribution < -0.4 is 5.32 Å². The van der Waals surface area contributed by atoms with E-state index in [0.717, 1.165) is 18.6 Å². The molecular formula is C12H12Cl3NO3S. The van der Waals surface area contributed by atoms with E-state index >= 15 is 0 Å². The maximum atomic E-state index is 12.0. The van der Waals surface area contributed by atoms with Crippen LogP contribution in [0.1, 0.15) is 20.3 Å². The highest BCUT2D eigenvalue weighted by atomic mass is 35.7. The summed E-state index contributed by atoms with van der Waals surface area (Å²) in [5.41, 5.74) is 0.174. The summed E-state index contributed by atoms with van der Waals surface area (Å²) in [5, 5.41) is 2.70. The van der Waals surface area contributed by atoms with E-state index in [9.17, 15) is 13.2 Å². The molecular weight excluding hydrogens is 345 g/mol. The molecule has 1 aliphatic carbocycles. The second-order valence-corrected chi connectivity index (χ2v) is 8.81. The highest BCUT2D eigenvalue weighted by molar-refractivity contribution is 8.13. The van der Waals surface area contributed by atoms with Gasteiger partial charge in [0.1, 0.15) is 0 Å².